The monoisotopic (exact) mass is 414 g/mol. The van der Waals surface area contributed by atoms with E-state index in [-0.39, 0.29) is 16.7 Å². The zero-order valence-corrected chi connectivity index (χ0v) is 16.0. The van der Waals surface area contributed by atoms with Crippen LogP contribution >= 0.6 is 0 Å². The number of rotatable bonds is 4. The van der Waals surface area contributed by atoms with Gasteiger partial charge in [-0.25, -0.2) is 18.1 Å². The normalized spacial score (nSPS) is 13.8. The molecule has 2 aromatic heterocycles. The number of H-pyrrole nitrogens is 1. The number of sulfone groups is 1. The molecule has 0 unspecified atom stereocenters. The van der Waals surface area contributed by atoms with Crippen molar-refractivity contribution < 1.29 is 21.6 Å². The highest BCUT2D eigenvalue weighted by molar-refractivity contribution is 7.89. The molecule has 28 heavy (non-hydrogen) atoms. The molecule has 0 saturated heterocycles. The van der Waals surface area contributed by atoms with Crippen LogP contribution in [0.3, 0.4) is 0 Å². The van der Waals surface area contributed by atoms with Gasteiger partial charge in [0.25, 0.3) is 5.56 Å². The van der Waals surface area contributed by atoms with Crippen molar-refractivity contribution in [2.24, 2.45) is 0 Å². The molecule has 3 rings (SSSR count). The number of aryl methyl sites for hydroxylation is 1. The lowest BCUT2D eigenvalue weighted by atomic mass is 10.1. The van der Waals surface area contributed by atoms with E-state index in [1.54, 1.807) is 13.8 Å². The minimum absolute atomic E-state index is 0.0463. The molecule has 0 fully saturated rings. The van der Waals surface area contributed by atoms with Crippen LogP contribution in [0.5, 0.6) is 0 Å². The first-order valence-corrected chi connectivity index (χ1v) is 10.3. The van der Waals surface area contributed by atoms with E-state index >= 15 is 0 Å². The summed E-state index contributed by atoms with van der Waals surface area (Å²) in [6.07, 6.45) is -3.43. The third kappa shape index (κ3) is 3.93. The Kier molecular flexibility index (Phi) is 4.82. The fourth-order valence-corrected chi connectivity index (χ4v) is 3.63. The summed E-state index contributed by atoms with van der Waals surface area (Å²) < 4.78 is 63.1. The summed E-state index contributed by atoms with van der Waals surface area (Å²) in [5.41, 5.74) is -0.579. The van der Waals surface area contributed by atoms with Gasteiger partial charge in [-0.05, 0) is 31.5 Å². The molecule has 11 heteroatoms. The van der Waals surface area contributed by atoms with E-state index in [0.717, 1.165) is 18.4 Å². The fraction of sp³-hybridized carbons (Fsp3) is 0.353. The smallest absolute Gasteiger partial charge is 0.310 e. The summed E-state index contributed by atoms with van der Waals surface area (Å²) in [6, 6.07) is 3.97. The highest BCUT2D eigenvalue weighted by Crippen LogP contribution is 2.31. The third-order valence-corrected chi connectivity index (χ3v) is 5.04. The molecule has 0 aliphatic heterocycles. The number of aromatic amines is 1. The largest absolute Gasteiger partial charge is 0.416 e. The number of aromatic nitrogens is 4. The molecular formula is C17H17F3N4O3S. The Hall–Kier alpha value is -2.69. The second-order valence-electron chi connectivity index (χ2n) is 6.61. The molecule has 1 aromatic carbocycles. The summed E-state index contributed by atoms with van der Waals surface area (Å²) >= 11 is 0. The molecule has 0 bridgehead atoms. The van der Waals surface area contributed by atoms with Crippen LogP contribution in [0.25, 0.3) is 11.0 Å². The lowest BCUT2D eigenvalue weighted by molar-refractivity contribution is -0.137. The van der Waals surface area contributed by atoms with Crippen molar-refractivity contribution in [3.8, 4) is 0 Å². The SMILES string of the molecule is Cc1nc2c(c(CS(C)(=O)=O)nn2[C@@H](C)c2ccc(C(F)(F)F)cc2)c(=O)[nH]1. The average Bonchev–Trinajstić information content (AvgIpc) is 2.90. The maximum absolute atomic E-state index is 12.8. The van der Waals surface area contributed by atoms with Crippen molar-refractivity contribution in [1.82, 2.24) is 19.7 Å². The van der Waals surface area contributed by atoms with Crippen molar-refractivity contribution in [3.05, 3.63) is 57.3 Å². The van der Waals surface area contributed by atoms with Gasteiger partial charge in [0.1, 0.15) is 11.2 Å². The van der Waals surface area contributed by atoms with Gasteiger partial charge in [-0.2, -0.15) is 18.3 Å². The molecular weight excluding hydrogens is 397 g/mol. The standard InChI is InChI=1S/C17H17F3N4O3S/c1-9(11-4-6-12(7-5-11)17(18,19)20)24-15-14(16(25)22-10(2)21-15)13(23-24)8-28(3,26)27/h4-7,9H,8H2,1-3H3,(H,21,22,25)/t9-/m0/s1. The molecule has 1 atom stereocenters. The van der Waals surface area contributed by atoms with Crippen LogP contribution in [0.4, 0.5) is 13.2 Å². The first kappa shape index (κ1) is 20.1. The Morgan fingerprint density at radius 1 is 1.21 bits per heavy atom. The van der Waals surface area contributed by atoms with Crippen molar-refractivity contribution >= 4 is 20.9 Å². The van der Waals surface area contributed by atoms with E-state index in [1.807, 2.05) is 0 Å². The summed E-state index contributed by atoms with van der Waals surface area (Å²) in [7, 11) is -3.48. The molecule has 150 valence electrons. The highest BCUT2D eigenvalue weighted by atomic mass is 32.2. The molecule has 7 nitrogen and oxygen atoms in total. The van der Waals surface area contributed by atoms with Gasteiger partial charge in [-0.15, -0.1) is 0 Å². The predicted octanol–water partition coefficient (Wildman–Crippen LogP) is 2.60. The van der Waals surface area contributed by atoms with Crippen LogP contribution in [0.2, 0.25) is 0 Å². The first-order valence-electron chi connectivity index (χ1n) is 8.19. The second-order valence-corrected chi connectivity index (χ2v) is 8.75. The zero-order chi connectivity index (χ0) is 20.9. The maximum atomic E-state index is 12.8. The van der Waals surface area contributed by atoms with E-state index in [2.05, 4.69) is 15.1 Å². The molecule has 1 N–H and O–H groups in total. The predicted molar refractivity (Wildman–Crippen MR) is 96.7 cm³/mol. The van der Waals surface area contributed by atoms with E-state index in [1.165, 1.54) is 16.8 Å². The average molecular weight is 414 g/mol. The van der Waals surface area contributed by atoms with E-state index in [4.69, 9.17) is 0 Å². The minimum atomic E-state index is -4.45. The van der Waals surface area contributed by atoms with Crippen LogP contribution in [-0.2, 0) is 21.8 Å². The van der Waals surface area contributed by atoms with Crippen LogP contribution < -0.4 is 5.56 Å². The second kappa shape index (κ2) is 6.73. The molecule has 0 amide bonds. The van der Waals surface area contributed by atoms with Crippen molar-refractivity contribution in [3.63, 3.8) is 0 Å². The first-order chi connectivity index (χ1) is 12.9. The Balaban J connectivity index is 2.15. The van der Waals surface area contributed by atoms with E-state index in [9.17, 15) is 26.4 Å². The van der Waals surface area contributed by atoms with Gasteiger partial charge in [-0.1, -0.05) is 12.1 Å². The van der Waals surface area contributed by atoms with E-state index < -0.39 is 38.9 Å². The molecule has 0 saturated carbocycles. The fourth-order valence-electron chi connectivity index (χ4n) is 2.94. The Labute approximate surface area is 158 Å². The minimum Gasteiger partial charge on any atom is -0.310 e. The number of hydrogen-bond donors (Lipinski definition) is 1. The van der Waals surface area contributed by atoms with Gasteiger partial charge in [-0.3, -0.25) is 4.79 Å². The zero-order valence-electron chi connectivity index (χ0n) is 15.2. The molecule has 0 aliphatic carbocycles. The number of nitrogens with zero attached hydrogens (tertiary/aromatic N) is 3. The summed E-state index contributed by atoms with van der Waals surface area (Å²) in [4.78, 5) is 19.1. The third-order valence-electron chi connectivity index (χ3n) is 4.24. The quantitative estimate of drug-likeness (QED) is 0.708. The van der Waals surface area contributed by atoms with Gasteiger partial charge in [0.2, 0.25) is 0 Å². The molecule has 0 radical (unpaired) electrons. The lowest BCUT2D eigenvalue weighted by Crippen LogP contribution is -2.13. The Morgan fingerprint density at radius 3 is 2.36 bits per heavy atom. The lowest BCUT2D eigenvalue weighted by Gasteiger charge is -2.15. The Morgan fingerprint density at radius 2 is 1.82 bits per heavy atom. The molecule has 0 spiro atoms. The molecule has 2 heterocycles. The maximum Gasteiger partial charge on any atom is 0.416 e. The number of halogens is 3. The van der Waals surface area contributed by atoms with Crippen molar-refractivity contribution in [2.45, 2.75) is 31.8 Å². The van der Waals surface area contributed by atoms with Crippen molar-refractivity contribution in [1.29, 1.82) is 0 Å². The van der Waals surface area contributed by atoms with Gasteiger partial charge < -0.3 is 4.98 Å². The van der Waals surface area contributed by atoms with Crippen LogP contribution in [0.15, 0.2) is 29.1 Å². The topological polar surface area (TPSA) is 97.7 Å². The number of benzene rings is 1. The number of alkyl halides is 3. The highest BCUT2D eigenvalue weighted by Gasteiger charge is 2.30. The number of fused-ring (bicyclic) bond motifs is 1. The van der Waals surface area contributed by atoms with E-state index in [0.29, 0.717) is 11.4 Å². The van der Waals surface area contributed by atoms with Crippen LogP contribution in [-0.4, -0.2) is 34.4 Å². The Bertz CT molecular complexity index is 1200. The van der Waals surface area contributed by atoms with Crippen LogP contribution in [0, 0.1) is 6.92 Å². The molecule has 0 aliphatic rings. The number of nitrogens with one attached hydrogen (secondary N) is 1. The van der Waals surface area contributed by atoms with Crippen molar-refractivity contribution in [2.75, 3.05) is 6.26 Å². The van der Waals surface area contributed by atoms with Gasteiger partial charge in [0.15, 0.2) is 15.5 Å². The summed E-state index contributed by atoms with van der Waals surface area (Å²) in [5, 5.41) is 4.31. The van der Waals surface area contributed by atoms with Gasteiger partial charge >= 0.3 is 6.18 Å². The van der Waals surface area contributed by atoms with Gasteiger partial charge in [0.05, 0.1) is 23.1 Å². The summed E-state index contributed by atoms with van der Waals surface area (Å²) in [5.74, 6) is -0.145. The van der Waals surface area contributed by atoms with Gasteiger partial charge in [0, 0.05) is 6.26 Å². The molecule has 3 aromatic rings. The summed E-state index contributed by atoms with van der Waals surface area (Å²) in [6.45, 7) is 3.24. The van der Waals surface area contributed by atoms with Crippen LogP contribution in [0.1, 0.15) is 35.6 Å². The number of hydrogen-bond acceptors (Lipinski definition) is 5.